The first-order valence-electron chi connectivity index (χ1n) is 11.6. The molecule has 1 aliphatic carbocycles. The van der Waals surface area contributed by atoms with Crippen molar-refractivity contribution in [2.45, 2.75) is 38.4 Å². The molecule has 1 aliphatic heterocycles. The van der Waals surface area contributed by atoms with Gasteiger partial charge in [0.25, 0.3) is 0 Å². The van der Waals surface area contributed by atoms with Gasteiger partial charge in [-0.1, -0.05) is 25.1 Å². The van der Waals surface area contributed by atoms with Gasteiger partial charge in [-0.3, -0.25) is 19.2 Å². The quantitative estimate of drug-likeness (QED) is 0.428. The van der Waals surface area contributed by atoms with Crippen LogP contribution in [0.2, 0.25) is 0 Å². The second-order valence-corrected chi connectivity index (χ2v) is 8.83. The maximum absolute atomic E-state index is 10.9. The second-order valence-electron chi connectivity index (χ2n) is 8.83. The van der Waals surface area contributed by atoms with Crippen LogP contribution in [0, 0.1) is 0 Å². The van der Waals surface area contributed by atoms with Gasteiger partial charge >= 0.3 is 0 Å². The number of para-hydroxylation sites is 1. The van der Waals surface area contributed by atoms with Crippen LogP contribution < -0.4 is 4.90 Å². The number of carbonyl (C=O) groups is 1. The summed E-state index contributed by atoms with van der Waals surface area (Å²) in [7, 11) is 0. The van der Waals surface area contributed by atoms with Crippen molar-refractivity contribution in [2.24, 2.45) is 0 Å². The molecule has 3 aromatic heterocycles. The number of hydrogen-bond acceptors (Lipinski definition) is 6. The third-order valence-corrected chi connectivity index (χ3v) is 6.80. The van der Waals surface area contributed by atoms with Crippen LogP contribution in [0.1, 0.15) is 35.2 Å². The van der Waals surface area contributed by atoms with Crippen LogP contribution in [0.4, 0.5) is 5.69 Å². The lowest BCUT2D eigenvalue weighted by molar-refractivity contribution is 0.111. The number of fused-ring (bicyclic) bond motifs is 2. The Morgan fingerprint density at radius 1 is 1.00 bits per heavy atom. The van der Waals surface area contributed by atoms with Gasteiger partial charge < -0.3 is 4.90 Å². The van der Waals surface area contributed by atoms with E-state index in [0.717, 1.165) is 67.1 Å². The molecule has 7 heteroatoms. The number of pyridine rings is 2. The minimum Gasteiger partial charge on any atom is -0.364 e. The summed E-state index contributed by atoms with van der Waals surface area (Å²) >= 11 is 0. The number of aldehydes is 1. The van der Waals surface area contributed by atoms with Crippen LogP contribution in [0.5, 0.6) is 0 Å². The highest BCUT2D eigenvalue weighted by Crippen LogP contribution is 2.40. The summed E-state index contributed by atoms with van der Waals surface area (Å²) in [5.41, 5.74) is 5.81. The number of anilines is 1. The molecule has 0 amide bonds. The molecule has 4 heterocycles. The number of hydrogen-bond donors (Lipinski definition) is 0. The zero-order valence-electron chi connectivity index (χ0n) is 18.6. The molecule has 6 rings (SSSR count). The van der Waals surface area contributed by atoms with Gasteiger partial charge in [0.1, 0.15) is 11.5 Å². The molecule has 2 atom stereocenters. The highest BCUT2D eigenvalue weighted by Gasteiger charge is 2.48. The predicted octanol–water partition coefficient (Wildman–Crippen LogP) is 3.65. The third-order valence-electron chi connectivity index (χ3n) is 6.80. The summed E-state index contributed by atoms with van der Waals surface area (Å²) in [4.78, 5) is 29.6. The Morgan fingerprint density at radius 3 is 2.64 bits per heavy atom. The van der Waals surface area contributed by atoms with E-state index in [-0.39, 0.29) is 0 Å². The summed E-state index contributed by atoms with van der Waals surface area (Å²) < 4.78 is 2.24. The molecule has 2 unspecified atom stereocenters. The van der Waals surface area contributed by atoms with E-state index < -0.39 is 0 Å². The Kier molecular flexibility index (Phi) is 4.91. The normalized spacial score (nSPS) is 20.1. The zero-order chi connectivity index (χ0) is 22.4. The molecule has 0 N–H and O–H groups in total. The van der Waals surface area contributed by atoms with Gasteiger partial charge in [0.05, 0.1) is 17.4 Å². The predicted molar refractivity (Wildman–Crippen MR) is 128 cm³/mol. The van der Waals surface area contributed by atoms with E-state index in [0.29, 0.717) is 17.8 Å². The van der Waals surface area contributed by atoms with Crippen molar-refractivity contribution in [1.29, 1.82) is 0 Å². The average Bonchev–Trinajstić information content (AvgIpc) is 3.59. The monoisotopic (exact) mass is 438 g/mol. The number of benzene rings is 1. The zero-order valence-corrected chi connectivity index (χ0v) is 18.6. The summed E-state index contributed by atoms with van der Waals surface area (Å²) in [5.74, 6) is 1.03. The van der Waals surface area contributed by atoms with E-state index in [9.17, 15) is 4.79 Å². The molecular weight excluding hydrogens is 412 g/mol. The lowest BCUT2D eigenvalue weighted by Crippen LogP contribution is -2.46. The first kappa shape index (κ1) is 20.1. The molecule has 0 radical (unpaired) electrons. The van der Waals surface area contributed by atoms with Crippen molar-refractivity contribution < 1.29 is 4.79 Å². The smallest absolute Gasteiger partial charge is 0.178 e. The Hall–Kier alpha value is -3.58. The van der Waals surface area contributed by atoms with E-state index in [2.05, 4.69) is 56.6 Å². The number of aromatic nitrogens is 4. The first-order chi connectivity index (χ1) is 16.2. The Bertz CT molecular complexity index is 1300. The largest absolute Gasteiger partial charge is 0.364 e. The topological polar surface area (TPSA) is 67.2 Å². The fourth-order valence-corrected chi connectivity index (χ4v) is 5.09. The molecule has 2 aliphatic rings. The number of carbonyl (C=O) groups excluding carboxylic acids is 1. The van der Waals surface area contributed by atoms with Crippen LogP contribution in [0.25, 0.3) is 16.9 Å². The van der Waals surface area contributed by atoms with Crippen molar-refractivity contribution in [3.8, 4) is 5.69 Å². The third kappa shape index (κ3) is 3.58. The standard InChI is InChI=1S/C26H26N6O/c1-2-25-29-26-24(32(25)20-6-4-3-5-7-20)12-18(14-28-26)16-30-10-11-31(23-13-22(23)30)21-9-8-19(17-33)27-15-21/h3-9,12,14-15,17,22-23H,2,10-11,13,16H2,1H3. The van der Waals surface area contributed by atoms with Gasteiger partial charge in [-0.2, -0.15) is 0 Å². The lowest BCUT2D eigenvalue weighted by Gasteiger charge is -2.35. The Morgan fingerprint density at radius 2 is 1.88 bits per heavy atom. The lowest BCUT2D eigenvalue weighted by atomic mass is 10.2. The van der Waals surface area contributed by atoms with E-state index in [1.165, 1.54) is 5.56 Å². The molecule has 1 aromatic carbocycles. The van der Waals surface area contributed by atoms with E-state index in [4.69, 9.17) is 9.97 Å². The molecule has 0 spiro atoms. The van der Waals surface area contributed by atoms with Crippen molar-refractivity contribution in [2.75, 3.05) is 18.0 Å². The number of piperazine rings is 1. The molecule has 166 valence electrons. The van der Waals surface area contributed by atoms with Crippen LogP contribution in [0.3, 0.4) is 0 Å². The maximum Gasteiger partial charge on any atom is 0.178 e. The minimum atomic E-state index is 0.480. The van der Waals surface area contributed by atoms with E-state index in [1.54, 1.807) is 6.07 Å². The summed E-state index contributed by atoms with van der Waals surface area (Å²) in [6.07, 6.45) is 6.61. The second kappa shape index (κ2) is 8.08. The van der Waals surface area contributed by atoms with Gasteiger partial charge in [-0.05, 0) is 42.3 Å². The van der Waals surface area contributed by atoms with E-state index in [1.807, 2.05) is 24.5 Å². The number of imidazole rings is 1. The summed E-state index contributed by atoms with van der Waals surface area (Å²) in [6.45, 7) is 4.98. The van der Waals surface area contributed by atoms with Crippen molar-refractivity contribution in [3.05, 3.63) is 78.0 Å². The summed E-state index contributed by atoms with van der Waals surface area (Å²) in [6, 6.07) is 17.5. The maximum atomic E-state index is 10.9. The molecule has 7 nitrogen and oxygen atoms in total. The van der Waals surface area contributed by atoms with Crippen LogP contribution in [0.15, 0.2) is 60.9 Å². The van der Waals surface area contributed by atoms with Crippen molar-refractivity contribution >= 4 is 23.1 Å². The fraction of sp³-hybridized carbons (Fsp3) is 0.308. The van der Waals surface area contributed by atoms with Crippen LogP contribution in [-0.2, 0) is 13.0 Å². The number of aryl methyl sites for hydroxylation is 1. The Balaban J connectivity index is 1.23. The minimum absolute atomic E-state index is 0.480. The fourth-order valence-electron chi connectivity index (χ4n) is 5.09. The van der Waals surface area contributed by atoms with Gasteiger partial charge in [-0.15, -0.1) is 0 Å². The molecule has 4 aromatic rings. The molecule has 33 heavy (non-hydrogen) atoms. The van der Waals surface area contributed by atoms with Crippen molar-refractivity contribution in [3.63, 3.8) is 0 Å². The van der Waals surface area contributed by atoms with Gasteiger partial charge in [0.2, 0.25) is 0 Å². The molecular formula is C26H26N6O. The average molecular weight is 439 g/mol. The van der Waals surface area contributed by atoms with Gasteiger partial charge in [0, 0.05) is 50.0 Å². The van der Waals surface area contributed by atoms with E-state index >= 15 is 0 Å². The van der Waals surface area contributed by atoms with Crippen molar-refractivity contribution in [1.82, 2.24) is 24.4 Å². The first-order valence-corrected chi connectivity index (χ1v) is 11.6. The molecule has 1 saturated carbocycles. The van der Waals surface area contributed by atoms with Gasteiger partial charge in [-0.25, -0.2) is 9.97 Å². The SMILES string of the molecule is CCc1nc2ncc(CN3CCN(c4ccc(C=O)nc4)C4CC43)cc2n1-c1ccccc1. The highest BCUT2D eigenvalue weighted by atomic mass is 16.1. The van der Waals surface area contributed by atoms with Crippen LogP contribution >= 0.6 is 0 Å². The highest BCUT2D eigenvalue weighted by molar-refractivity contribution is 5.75. The molecule has 2 fully saturated rings. The van der Waals surface area contributed by atoms with Crippen LogP contribution in [-0.4, -0.2) is 55.9 Å². The number of rotatable bonds is 6. The summed E-state index contributed by atoms with van der Waals surface area (Å²) in [5, 5.41) is 0. The number of nitrogens with zero attached hydrogens (tertiary/aromatic N) is 6. The molecule has 1 saturated heterocycles. The Labute approximate surface area is 192 Å². The van der Waals surface area contributed by atoms with Gasteiger partial charge in [0.15, 0.2) is 11.9 Å². The molecule has 0 bridgehead atoms.